The maximum absolute atomic E-state index is 11.8. The Morgan fingerprint density at radius 2 is 2.05 bits per heavy atom. The van der Waals surface area contributed by atoms with Crippen molar-refractivity contribution in [2.24, 2.45) is 0 Å². The number of amides is 1. The second-order valence-corrected chi connectivity index (χ2v) is 4.90. The van der Waals surface area contributed by atoms with E-state index in [1.54, 1.807) is 12.1 Å². The van der Waals surface area contributed by atoms with Crippen molar-refractivity contribution in [3.63, 3.8) is 0 Å². The number of ether oxygens (including phenoxy) is 1. The average Bonchev–Trinajstić information content (AvgIpc) is 2.95. The molecular weight excluding hydrogens is 317 g/mol. The van der Waals surface area contributed by atoms with E-state index in [2.05, 4.69) is 5.32 Å². The van der Waals surface area contributed by atoms with Crippen LogP contribution in [0.5, 0.6) is 0 Å². The molecule has 0 atom stereocenters. The van der Waals surface area contributed by atoms with Crippen molar-refractivity contribution in [3.8, 4) is 0 Å². The van der Waals surface area contributed by atoms with Gasteiger partial charge in [0.15, 0.2) is 6.61 Å². The predicted octanol–water partition coefficient (Wildman–Crippen LogP) is 3.06. The highest BCUT2D eigenvalue weighted by atomic mass is 35.5. The van der Waals surface area contributed by atoms with E-state index in [9.17, 15) is 9.59 Å². The zero-order valence-corrected chi connectivity index (χ0v) is 12.3. The molecule has 2 aromatic rings. The molecule has 1 N–H and O–H groups in total. The molecular formula is C14H11Cl2NO4. The molecule has 0 saturated carbocycles. The molecule has 1 aromatic carbocycles. The van der Waals surface area contributed by atoms with Gasteiger partial charge in [-0.25, -0.2) is 4.79 Å². The molecule has 0 saturated heterocycles. The molecule has 7 heteroatoms. The van der Waals surface area contributed by atoms with Gasteiger partial charge in [0.25, 0.3) is 5.91 Å². The summed E-state index contributed by atoms with van der Waals surface area (Å²) in [4.78, 5) is 23.3. The number of hydrogen-bond donors (Lipinski definition) is 1. The molecule has 2 rings (SSSR count). The maximum atomic E-state index is 11.8. The molecule has 5 nitrogen and oxygen atoms in total. The van der Waals surface area contributed by atoms with Gasteiger partial charge < -0.3 is 14.5 Å². The van der Waals surface area contributed by atoms with E-state index in [4.69, 9.17) is 32.4 Å². The highest BCUT2D eigenvalue weighted by Crippen LogP contribution is 2.21. The van der Waals surface area contributed by atoms with E-state index in [1.807, 2.05) is 0 Å². The smallest absolute Gasteiger partial charge is 0.340 e. The highest BCUT2D eigenvalue weighted by Gasteiger charge is 2.14. The van der Waals surface area contributed by atoms with Crippen molar-refractivity contribution in [2.75, 3.05) is 6.61 Å². The van der Waals surface area contributed by atoms with Gasteiger partial charge in [0.05, 0.1) is 23.4 Å². The van der Waals surface area contributed by atoms with Crippen LogP contribution in [-0.2, 0) is 16.1 Å². The monoisotopic (exact) mass is 327 g/mol. The summed E-state index contributed by atoms with van der Waals surface area (Å²) in [7, 11) is 0. The number of furan rings is 1. The maximum Gasteiger partial charge on any atom is 0.340 e. The normalized spacial score (nSPS) is 10.2. The Kier molecular flexibility index (Phi) is 5.25. The predicted molar refractivity (Wildman–Crippen MR) is 77.3 cm³/mol. The number of nitrogens with one attached hydrogen (secondary N) is 1. The quantitative estimate of drug-likeness (QED) is 0.857. The van der Waals surface area contributed by atoms with E-state index < -0.39 is 18.5 Å². The first-order chi connectivity index (χ1) is 10.1. The summed E-state index contributed by atoms with van der Waals surface area (Å²) in [5.74, 6) is -0.523. The van der Waals surface area contributed by atoms with E-state index in [0.717, 1.165) is 0 Å². The van der Waals surface area contributed by atoms with Crippen LogP contribution in [0, 0.1) is 0 Å². The lowest BCUT2D eigenvalue weighted by Gasteiger charge is -2.07. The Morgan fingerprint density at radius 3 is 2.71 bits per heavy atom. The first-order valence-corrected chi connectivity index (χ1v) is 6.73. The number of carbonyl (C=O) groups excluding carboxylic acids is 2. The molecule has 1 heterocycles. The molecule has 0 aliphatic rings. The largest absolute Gasteiger partial charge is 0.467 e. The minimum absolute atomic E-state index is 0.153. The summed E-state index contributed by atoms with van der Waals surface area (Å²) in [6, 6.07) is 7.81. The van der Waals surface area contributed by atoms with E-state index in [-0.39, 0.29) is 17.1 Å². The fourth-order valence-electron chi connectivity index (χ4n) is 1.51. The van der Waals surface area contributed by atoms with Crippen molar-refractivity contribution < 1.29 is 18.7 Å². The van der Waals surface area contributed by atoms with Crippen LogP contribution in [-0.4, -0.2) is 18.5 Å². The Morgan fingerprint density at radius 1 is 1.24 bits per heavy atom. The zero-order valence-electron chi connectivity index (χ0n) is 10.8. The molecule has 1 amide bonds. The van der Waals surface area contributed by atoms with Crippen LogP contribution < -0.4 is 5.32 Å². The summed E-state index contributed by atoms with van der Waals surface area (Å²) in [6.45, 7) is -0.177. The molecule has 0 aliphatic carbocycles. The Labute approximate surface area is 130 Å². The van der Waals surface area contributed by atoms with Crippen molar-refractivity contribution in [2.45, 2.75) is 6.54 Å². The second-order valence-electron chi connectivity index (χ2n) is 4.06. The van der Waals surface area contributed by atoms with Crippen molar-refractivity contribution in [1.82, 2.24) is 5.32 Å². The fourth-order valence-corrected chi connectivity index (χ4v) is 2.00. The molecule has 0 bridgehead atoms. The lowest BCUT2D eigenvalue weighted by molar-refractivity contribution is -0.124. The van der Waals surface area contributed by atoms with E-state index >= 15 is 0 Å². The minimum Gasteiger partial charge on any atom is -0.467 e. The van der Waals surface area contributed by atoms with E-state index in [0.29, 0.717) is 10.8 Å². The van der Waals surface area contributed by atoms with E-state index in [1.165, 1.54) is 24.5 Å². The molecule has 0 radical (unpaired) electrons. The summed E-state index contributed by atoms with van der Waals surface area (Å²) in [5.41, 5.74) is 0.153. The molecule has 1 aromatic heterocycles. The van der Waals surface area contributed by atoms with Gasteiger partial charge in [0.1, 0.15) is 5.76 Å². The summed E-state index contributed by atoms with van der Waals surface area (Å²) < 4.78 is 9.92. The number of rotatable bonds is 5. The third-order valence-corrected chi connectivity index (χ3v) is 3.07. The van der Waals surface area contributed by atoms with Gasteiger partial charge in [-0.2, -0.15) is 0 Å². The van der Waals surface area contributed by atoms with Gasteiger partial charge in [-0.3, -0.25) is 4.79 Å². The topological polar surface area (TPSA) is 68.5 Å². The second kappa shape index (κ2) is 7.15. The van der Waals surface area contributed by atoms with Crippen LogP contribution >= 0.6 is 23.2 Å². The van der Waals surface area contributed by atoms with Gasteiger partial charge in [0, 0.05) is 5.02 Å². The third-order valence-electron chi connectivity index (χ3n) is 2.53. The van der Waals surface area contributed by atoms with Gasteiger partial charge in [-0.05, 0) is 30.3 Å². The summed E-state index contributed by atoms with van der Waals surface area (Å²) >= 11 is 11.6. The van der Waals surface area contributed by atoms with Crippen LogP contribution in [0.1, 0.15) is 16.1 Å². The van der Waals surface area contributed by atoms with Crippen LogP contribution in [0.25, 0.3) is 0 Å². The molecule has 0 aliphatic heterocycles. The SMILES string of the molecule is O=C(COC(=O)c1ccc(Cl)cc1Cl)NCc1ccco1. The van der Waals surface area contributed by atoms with Crippen LogP contribution in [0.15, 0.2) is 41.0 Å². The lowest BCUT2D eigenvalue weighted by Crippen LogP contribution is -2.28. The van der Waals surface area contributed by atoms with Crippen LogP contribution in [0.4, 0.5) is 0 Å². The number of benzene rings is 1. The Hall–Kier alpha value is -1.98. The third kappa shape index (κ3) is 4.51. The molecule has 0 fully saturated rings. The Bertz CT molecular complexity index is 640. The van der Waals surface area contributed by atoms with Gasteiger partial charge in [0.2, 0.25) is 0 Å². The average molecular weight is 328 g/mol. The van der Waals surface area contributed by atoms with Crippen LogP contribution in [0.2, 0.25) is 10.0 Å². The summed E-state index contributed by atoms with van der Waals surface area (Å²) in [5, 5.41) is 3.13. The first kappa shape index (κ1) is 15.4. The standard InChI is InChI=1S/C14H11Cl2NO4/c15-9-3-4-11(12(16)6-9)14(19)21-8-13(18)17-7-10-2-1-5-20-10/h1-6H,7-8H2,(H,17,18). The number of hydrogen-bond acceptors (Lipinski definition) is 4. The van der Waals surface area contributed by atoms with Crippen molar-refractivity contribution in [1.29, 1.82) is 0 Å². The molecule has 0 spiro atoms. The number of esters is 1. The number of carbonyl (C=O) groups is 2. The minimum atomic E-state index is -0.690. The number of halogens is 2. The van der Waals surface area contributed by atoms with Crippen molar-refractivity contribution in [3.05, 3.63) is 58.0 Å². The summed E-state index contributed by atoms with van der Waals surface area (Å²) in [6.07, 6.45) is 1.50. The van der Waals surface area contributed by atoms with Gasteiger partial charge in [-0.1, -0.05) is 23.2 Å². The van der Waals surface area contributed by atoms with Crippen molar-refractivity contribution >= 4 is 35.1 Å². The Balaban J connectivity index is 1.81. The molecule has 0 unspecified atom stereocenters. The van der Waals surface area contributed by atoms with Crippen LogP contribution in [0.3, 0.4) is 0 Å². The molecule has 110 valence electrons. The lowest BCUT2D eigenvalue weighted by atomic mass is 10.2. The van der Waals surface area contributed by atoms with Gasteiger partial charge in [-0.15, -0.1) is 0 Å². The zero-order chi connectivity index (χ0) is 15.2. The first-order valence-electron chi connectivity index (χ1n) is 5.97. The molecule has 21 heavy (non-hydrogen) atoms. The highest BCUT2D eigenvalue weighted by molar-refractivity contribution is 6.36. The van der Waals surface area contributed by atoms with Gasteiger partial charge >= 0.3 is 5.97 Å². The fraction of sp³-hybridized carbons (Fsp3) is 0.143.